The molecule has 34 heavy (non-hydrogen) atoms. The van der Waals surface area contributed by atoms with Crippen molar-refractivity contribution in [1.82, 2.24) is 25.0 Å². The molecule has 10 nitrogen and oxygen atoms in total. The number of hydrogen-bond donors (Lipinski definition) is 3. The second-order valence-electron chi connectivity index (χ2n) is 8.18. The summed E-state index contributed by atoms with van der Waals surface area (Å²) in [5, 5.41) is 18.1. The van der Waals surface area contributed by atoms with Gasteiger partial charge in [0, 0.05) is 53.6 Å². The summed E-state index contributed by atoms with van der Waals surface area (Å²) < 4.78 is 31.4. The lowest BCUT2D eigenvalue weighted by atomic mass is 10.0. The van der Waals surface area contributed by atoms with Crippen LogP contribution in [0.4, 0.5) is 23.1 Å². The Morgan fingerprint density at radius 3 is 2.41 bits per heavy atom. The minimum Gasteiger partial charge on any atom is -0.492 e. The molecule has 0 aliphatic heterocycles. The molecule has 4 aromatic rings. The summed E-state index contributed by atoms with van der Waals surface area (Å²) in [6, 6.07) is 6.83. The average Bonchev–Trinajstić information content (AvgIpc) is 3.38. The van der Waals surface area contributed by atoms with Crippen molar-refractivity contribution >= 4 is 33.0 Å². The topological polar surface area (TPSA) is 127 Å². The molecule has 0 radical (unpaired) electrons. The summed E-state index contributed by atoms with van der Waals surface area (Å²) in [6.07, 6.45) is 4.87. The van der Waals surface area contributed by atoms with E-state index in [2.05, 4.69) is 25.9 Å². The number of rotatable bonds is 7. The Hall–Kier alpha value is -3.86. The second-order valence-corrected chi connectivity index (χ2v) is 10.2. The van der Waals surface area contributed by atoms with Crippen LogP contribution in [0.3, 0.4) is 0 Å². The van der Waals surface area contributed by atoms with Gasteiger partial charge in [-0.15, -0.1) is 0 Å². The molecule has 0 spiro atoms. The maximum Gasteiger partial charge on any atom is 0.177 e. The van der Waals surface area contributed by atoms with Gasteiger partial charge in [0.1, 0.15) is 5.82 Å². The van der Waals surface area contributed by atoms with Crippen molar-refractivity contribution in [2.45, 2.75) is 25.7 Å². The quantitative estimate of drug-likeness (QED) is 0.361. The number of H-pyrrole nitrogens is 1. The van der Waals surface area contributed by atoms with E-state index >= 15 is 0 Å². The number of hydrogen-bond acceptors (Lipinski definition) is 8. The van der Waals surface area contributed by atoms with E-state index < -0.39 is 9.84 Å². The predicted octanol–water partition coefficient (Wildman–Crippen LogP) is 4.03. The summed E-state index contributed by atoms with van der Waals surface area (Å²) in [7, 11) is 0.146. The predicted molar refractivity (Wildman–Crippen MR) is 132 cm³/mol. The fraction of sp³-hybridized carbons (Fsp3) is 0.261. The van der Waals surface area contributed by atoms with Crippen LogP contribution in [-0.4, -0.2) is 46.7 Å². The number of aromatic nitrogens is 5. The van der Waals surface area contributed by atoms with E-state index in [1.807, 2.05) is 40.1 Å². The van der Waals surface area contributed by atoms with Crippen LogP contribution in [0, 0.1) is 20.8 Å². The third-order valence-corrected chi connectivity index (χ3v) is 6.54. The Morgan fingerprint density at radius 2 is 1.85 bits per heavy atom. The van der Waals surface area contributed by atoms with Crippen molar-refractivity contribution in [1.29, 1.82) is 0 Å². The van der Waals surface area contributed by atoms with Crippen LogP contribution in [0.5, 0.6) is 5.75 Å². The number of ether oxygens (including phenoxy) is 1. The van der Waals surface area contributed by atoms with Crippen LogP contribution in [0.15, 0.2) is 41.6 Å². The largest absolute Gasteiger partial charge is 0.492 e. The van der Waals surface area contributed by atoms with Crippen LogP contribution < -0.4 is 15.4 Å². The molecule has 0 saturated carbocycles. The first-order chi connectivity index (χ1) is 16.1. The zero-order valence-electron chi connectivity index (χ0n) is 19.9. The molecule has 3 aromatic heterocycles. The number of anilines is 4. The van der Waals surface area contributed by atoms with E-state index in [4.69, 9.17) is 9.72 Å². The third kappa shape index (κ3) is 4.60. The van der Waals surface area contributed by atoms with Gasteiger partial charge < -0.3 is 15.4 Å². The highest BCUT2D eigenvalue weighted by molar-refractivity contribution is 7.90. The Bertz CT molecular complexity index is 1470. The Labute approximate surface area is 198 Å². The van der Waals surface area contributed by atoms with E-state index in [9.17, 15) is 8.42 Å². The molecule has 3 N–H and O–H groups in total. The molecule has 0 aliphatic carbocycles. The molecule has 11 heteroatoms. The molecule has 0 saturated heterocycles. The molecule has 4 rings (SSSR count). The van der Waals surface area contributed by atoms with Gasteiger partial charge in [0.15, 0.2) is 27.2 Å². The highest BCUT2D eigenvalue weighted by Crippen LogP contribution is 2.42. The number of nitrogens with zero attached hydrogens (tertiary/aromatic N) is 4. The summed E-state index contributed by atoms with van der Waals surface area (Å²) >= 11 is 0. The van der Waals surface area contributed by atoms with Gasteiger partial charge in [-0.3, -0.25) is 9.78 Å². The van der Waals surface area contributed by atoms with Crippen LogP contribution in [0.2, 0.25) is 0 Å². The number of pyridine rings is 1. The summed E-state index contributed by atoms with van der Waals surface area (Å²) in [5.74, 6) is 2.22. The normalized spacial score (nSPS) is 11.5. The van der Waals surface area contributed by atoms with Crippen molar-refractivity contribution in [2.24, 2.45) is 7.05 Å². The number of sulfone groups is 1. The fourth-order valence-corrected chi connectivity index (χ4v) is 4.40. The number of methoxy groups -OCH3 is 1. The van der Waals surface area contributed by atoms with E-state index in [1.54, 1.807) is 36.2 Å². The van der Waals surface area contributed by atoms with Gasteiger partial charge in [-0.25, -0.2) is 13.4 Å². The molecular formula is C23H27N7O3S. The van der Waals surface area contributed by atoms with Crippen LogP contribution in [-0.2, 0) is 16.9 Å². The zero-order chi connectivity index (χ0) is 24.6. The molecule has 0 fully saturated rings. The Morgan fingerprint density at radius 1 is 1.09 bits per heavy atom. The van der Waals surface area contributed by atoms with E-state index in [0.29, 0.717) is 23.2 Å². The smallest absolute Gasteiger partial charge is 0.177 e. The molecule has 0 bridgehead atoms. The van der Waals surface area contributed by atoms with Crippen LogP contribution in [0.1, 0.15) is 16.8 Å². The highest BCUT2D eigenvalue weighted by atomic mass is 32.2. The van der Waals surface area contributed by atoms with E-state index in [-0.39, 0.29) is 4.90 Å². The maximum absolute atomic E-state index is 11.9. The molecule has 0 unspecified atom stereocenters. The molecule has 178 valence electrons. The summed E-state index contributed by atoms with van der Waals surface area (Å²) in [6.45, 7) is 5.71. The maximum atomic E-state index is 11.9. The lowest BCUT2D eigenvalue weighted by molar-refractivity contribution is 0.416. The number of aryl methyl sites for hydroxylation is 3. The molecule has 3 heterocycles. The fourth-order valence-electron chi connectivity index (χ4n) is 3.69. The number of nitrogens with one attached hydrogen (secondary N) is 3. The lowest BCUT2D eigenvalue weighted by Gasteiger charge is -2.20. The van der Waals surface area contributed by atoms with Gasteiger partial charge in [-0.2, -0.15) is 10.2 Å². The van der Waals surface area contributed by atoms with Gasteiger partial charge >= 0.3 is 0 Å². The van der Waals surface area contributed by atoms with Crippen molar-refractivity contribution in [2.75, 3.05) is 24.0 Å². The van der Waals surface area contributed by atoms with Crippen molar-refractivity contribution in [3.63, 3.8) is 0 Å². The lowest BCUT2D eigenvalue weighted by Crippen LogP contribution is -2.07. The minimum absolute atomic E-state index is 0.266. The SMILES string of the molecule is COc1c(Nc2cc(C)[nH]n2)nc(Nc2ccc(S(C)(=O)=O)cc2C)c(C)c1-c1cnn(C)c1. The second kappa shape index (κ2) is 8.82. The van der Waals surface area contributed by atoms with E-state index in [1.165, 1.54) is 6.26 Å². The highest BCUT2D eigenvalue weighted by Gasteiger charge is 2.22. The van der Waals surface area contributed by atoms with Gasteiger partial charge in [0.2, 0.25) is 0 Å². The van der Waals surface area contributed by atoms with Crippen LogP contribution >= 0.6 is 0 Å². The van der Waals surface area contributed by atoms with Crippen molar-refractivity contribution < 1.29 is 13.2 Å². The minimum atomic E-state index is -3.30. The van der Waals surface area contributed by atoms with Gasteiger partial charge in [0.25, 0.3) is 0 Å². The summed E-state index contributed by atoms with van der Waals surface area (Å²) in [5.41, 5.74) is 4.97. The van der Waals surface area contributed by atoms with Crippen molar-refractivity contribution in [3.05, 3.63) is 53.5 Å². The van der Waals surface area contributed by atoms with Gasteiger partial charge in [-0.1, -0.05) is 0 Å². The standard InChI is InChI=1S/C23H27N7O3S/c1-13-9-17(34(6,31)32)7-8-18(13)25-22-15(3)20(16-11-24-30(4)12-16)21(33-5)23(27-22)26-19-10-14(2)28-29-19/h7-12H,1-6H3,(H3,25,26,27,28,29). The number of benzene rings is 1. The van der Waals surface area contributed by atoms with Gasteiger partial charge in [-0.05, 0) is 44.5 Å². The molecule has 0 amide bonds. The molecule has 0 aliphatic rings. The molecule has 1 aromatic carbocycles. The Kier molecular flexibility index (Phi) is 6.05. The van der Waals surface area contributed by atoms with Crippen molar-refractivity contribution in [3.8, 4) is 16.9 Å². The zero-order valence-corrected chi connectivity index (χ0v) is 20.7. The van der Waals surface area contributed by atoms with E-state index in [0.717, 1.165) is 33.6 Å². The molecular weight excluding hydrogens is 454 g/mol. The monoisotopic (exact) mass is 481 g/mol. The third-order valence-electron chi connectivity index (χ3n) is 5.43. The number of aromatic amines is 1. The molecule has 0 atom stereocenters. The van der Waals surface area contributed by atoms with Crippen LogP contribution in [0.25, 0.3) is 11.1 Å². The first-order valence-corrected chi connectivity index (χ1v) is 12.4. The van der Waals surface area contributed by atoms with Gasteiger partial charge in [0.05, 0.1) is 18.2 Å². The average molecular weight is 482 g/mol. The summed E-state index contributed by atoms with van der Waals surface area (Å²) in [4.78, 5) is 5.07. The Balaban J connectivity index is 1.86. The first kappa shape index (κ1) is 23.3. The first-order valence-electron chi connectivity index (χ1n) is 10.5.